The van der Waals surface area contributed by atoms with Crippen LogP contribution in [-0.2, 0) is 0 Å². The van der Waals surface area contributed by atoms with Gasteiger partial charge < -0.3 is 5.73 Å². The molecule has 0 aliphatic rings. The smallest absolute Gasteiger partial charge is 0.272 e. The van der Waals surface area contributed by atoms with Crippen molar-refractivity contribution in [3.05, 3.63) is 46.0 Å². The average molecular weight is 206 g/mol. The topological polar surface area (TPSA) is 69.2 Å². The van der Waals surface area contributed by atoms with Crippen molar-refractivity contribution in [1.82, 2.24) is 0 Å². The molecule has 1 aromatic rings. The molecule has 0 radical (unpaired) electrons. The molecule has 0 aliphatic carbocycles. The van der Waals surface area contributed by atoms with Crippen molar-refractivity contribution in [1.29, 1.82) is 0 Å². The Morgan fingerprint density at radius 3 is 2.80 bits per heavy atom. The molecule has 0 atom stereocenters. The summed E-state index contributed by atoms with van der Waals surface area (Å²) in [5, 5.41) is 10.7. The van der Waals surface area contributed by atoms with E-state index in [-0.39, 0.29) is 10.6 Å². The quantitative estimate of drug-likeness (QED) is 0.606. The van der Waals surface area contributed by atoms with E-state index in [4.69, 9.17) is 5.73 Å². The van der Waals surface area contributed by atoms with Gasteiger partial charge in [-0.1, -0.05) is 18.7 Å². The van der Waals surface area contributed by atoms with Gasteiger partial charge in [0.25, 0.3) is 5.69 Å². The first kappa shape index (κ1) is 11.4. The molecule has 4 heteroatoms. The van der Waals surface area contributed by atoms with E-state index in [2.05, 4.69) is 6.58 Å². The largest absolute Gasteiger partial charge is 0.330 e. The van der Waals surface area contributed by atoms with Gasteiger partial charge in [-0.3, -0.25) is 10.1 Å². The van der Waals surface area contributed by atoms with Gasteiger partial charge in [0.1, 0.15) is 0 Å². The molecule has 0 fully saturated rings. The highest BCUT2D eigenvalue weighted by Gasteiger charge is 2.11. The second-order valence-electron chi connectivity index (χ2n) is 3.40. The van der Waals surface area contributed by atoms with E-state index in [9.17, 15) is 10.1 Å². The first-order valence-corrected chi connectivity index (χ1v) is 4.69. The van der Waals surface area contributed by atoms with Gasteiger partial charge in [0, 0.05) is 11.6 Å². The van der Waals surface area contributed by atoms with Crippen LogP contribution < -0.4 is 5.73 Å². The molecule has 0 aromatic heterocycles. The third kappa shape index (κ3) is 2.63. The Morgan fingerprint density at radius 1 is 1.60 bits per heavy atom. The number of hydrogen-bond donors (Lipinski definition) is 1. The Morgan fingerprint density at radius 2 is 2.27 bits per heavy atom. The van der Waals surface area contributed by atoms with E-state index in [1.807, 2.05) is 6.07 Å². The number of aryl methyl sites for hydroxylation is 1. The molecule has 0 bridgehead atoms. The van der Waals surface area contributed by atoms with Crippen LogP contribution in [0.25, 0.3) is 5.57 Å². The van der Waals surface area contributed by atoms with Crippen molar-refractivity contribution >= 4 is 11.3 Å². The number of nitrogens with zero attached hydrogens (tertiary/aromatic N) is 1. The minimum Gasteiger partial charge on any atom is -0.330 e. The maximum Gasteiger partial charge on any atom is 0.272 e. The summed E-state index contributed by atoms with van der Waals surface area (Å²) in [5.41, 5.74) is 7.81. The lowest BCUT2D eigenvalue weighted by atomic mass is 10.0. The van der Waals surface area contributed by atoms with E-state index in [1.54, 1.807) is 19.1 Å². The number of rotatable bonds is 4. The summed E-state index contributed by atoms with van der Waals surface area (Å²) in [6, 6.07) is 5.11. The zero-order valence-corrected chi connectivity index (χ0v) is 8.69. The molecule has 0 amide bonds. The molecule has 1 rings (SSSR count). The fraction of sp³-hybridized carbons (Fsp3) is 0.273. The van der Waals surface area contributed by atoms with Gasteiger partial charge in [-0.05, 0) is 31.0 Å². The van der Waals surface area contributed by atoms with Crippen molar-refractivity contribution in [3.8, 4) is 0 Å². The molecule has 4 nitrogen and oxygen atoms in total. The average Bonchev–Trinajstić information content (AvgIpc) is 2.18. The van der Waals surface area contributed by atoms with E-state index in [0.29, 0.717) is 18.5 Å². The van der Waals surface area contributed by atoms with Crippen molar-refractivity contribution in [2.75, 3.05) is 6.54 Å². The third-order valence-electron chi connectivity index (χ3n) is 2.26. The summed E-state index contributed by atoms with van der Waals surface area (Å²) in [4.78, 5) is 10.3. The van der Waals surface area contributed by atoms with Crippen molar-refractivity contribution in [3.63, 3.8) is 0 Å². The summed E-state index contributed by atoms with van der Waals surface area (Å²) in [5.74, 6) is 0. The molecule has 1 aromatic carbocycles. The van der Waals surface area contributed by atoms with Gasteiger partial charge in [0.2, 0.25) is 0 Å². The predicted molar refractivity (Wildman–Crippen MR) is 60.5 cm³/mol. The Balaban J connectivity index is 3.07. The van der Waals surface area contributed by atoms with Crippen LogP contribution >= 0.6 is 0 Å². The van der Waals surface area contributed by atoms with Crippen molar-refractivity contribution in [2.45, 2.75) is 13.3 Å². The summed E-state index contributed by atoms with van der Waals surface area (Å²) >= 11 is 0. The molecule has 2 N–H and O–H groups in total. The molecular weight excluding hydrogens is 192 g/mol. The monoisotopic (exact) mass is 206 g/mol. The number of nitro benzene ring substituents is 1. The number of hydrogen-bond acceptors (Lipinski definition) is 3. The van der Waals surface area contributed by atoms with Crippen LogP contribution in [0.3, 0.4) is 0 Å². The number of nitro groups is 1. The molecule has 15 heavy (non-hydrogen) atoms. The highest BCUT2D eigenvalue weighted by atomic mass is 16.6. The van der Waals surface area contributed by atoms with Crippen LogP contribution in [0.15, 0.2) is 24.8 Å². The third-order valence-corrected chi connectivity index (χ3v) is 2.26. The predicted octanol–water partition coefficient (Wildman–Crippen LogP) is 2.27. The molecule has 0 heterocycles. The molecular formula is C11H14N2O2. The van der Waals surface area contributed by atoms with Gasteiger partial charge in [-0.2, -0.15) is 0 Å². The summed E-state index contributed by atoms with van der Waals surface area (Å²) in [7, 11) is 0. The molecule has 0 saturated heterocycles. The van der Waals surface area contributed by atoms with Gasteiger partial charge in [-0.25, -0.2) is 0 Å². The summed E-state index contributed by atoms with van der Waals surface area (Å²) in [6.45, 7) is 6.06. The summed E-state index contributed by atoms with van der Waals surface area (Å²) in [6.07, 6.45) is 0.653. The van der Waals surface area contributed by atoms with Gasteiger partial charge in [-0.15, -0.1) is 0 Å². The molecule has 0 unspecified atom stereocenters. The number of benzene rings is 1. The van der Waals surface area contributed by atoms with Gasteiger partial charge in [0.05, 0.1) is 4.92 Å². The molecule has 0 saturated carbocycles. The van der Waals surface area contributed by atoms with E-state index in [0.717, 1.165) is 11.1 Å². The molecule has 0 spiro atoms. The Kier molecular flexibility index (Phi) is 3.57. The lowest BCUT2D eigenvalue weighted by Crippen LogP contribution is -2.00. The first-order chi connectivity index (χ1) is 7.06. The van der Waals surface area contributed by atoms with Crippen LogP contribution in [0.1, 0.15) is 17.5 Å². The summed E-state index contributed by atoms with van der Waals surface area (Å²) < 4.78 is 0. The molecule has 80 valence electrons. The zero-order chi connectivity index (χ0) is 11.4. The van der Waals surface area contributed by atoms with Crippen LogP contribution in [0.4, 0.5) is 5.69 Å². The fourth-order valence-corrected chi connectivity index (χ4v) is 1.34. The van der Waals surface area contributed by atoms with Crippen LogP contribution in [0.2, 0.25) is 0 Å². The highest BCUT2D eigenvalue weighted by Crippen LogP contribution is 2.24. The second-order valence-corrected chi connectivity index (χ2v) is 3.40. The van der Waals surface area contributed by atoms with Gasteiger partial charge >= 0.3 is 0 Å². The lowest BCUT2D eigenvalue weighted by Gasteiger charge is -2.05. The van der Waals surface area contributed by atoms with Crippen LogP contribution in [0, 0.1) is 17.0 Å². The Hall–Kier alpha value is -1.68. The van der Waals surface area contributed by atoms with E-state index < -0.39 is 0 Å². The molecule has 0 aliphatic heterocycles. The van der Waals surface area contributed by atoms with Crippen molar-refractivity contribution in [2.24, 2.45) is 5.73 Å². The standard InChI is InChI=1S/C11H14N2O2/c1-8(5-6-12)10-4-3-9(2)11(7-10)13(14)15/h3-4,7H,1,5-6,12H2,2H3. The van der Waals surface area contributed by atoms with Crippen LogP contribution in [0.5, 0.6) is 0 Å². The maximum atomic E-state index is 10.7. The minimum absolute atomic E-state index is 0.130. The van der Waals surface area contributed by atoms with E-state index >= 15 is 0 Å². The first-order valence-electron chi connectivity index (χ1n) is 4.69. The maximum absolute atomic E-state index is 10.7. The zero-order valence-electron chi connectivity index (χ0n) is 8.69. The fourth-order valence-electron chi connectivity index (χ4n) is 1.34. The highest BCUT2D eigenvalue weighted by molar-refractivity contribution is 5.66. The lowest BCUT2D eigenvalue weighted by molar-refractivity contribution is -0.385. The van der Waals surface area contributed by atoms with Crippen molar-refractivity contribution < 1.29 is 4.92 Å². The normalized spacial score (nSPS) is 10.0. The minimum atomic E-state index is -0.380. The Labute approximate surface area is 88.6 Å². The van der Waals surface area contributed by atoms with Gasteiger partial charge in [0.15, 0.2) is 0 Å². The Bertz CT molecular complexity index is 400. The second kappa shape index (κ2) is 4.70. The SMILES string of the molecule is C=C(CCN)c1ccc(C)c([N+](=O)[O-])c1. The van der Waals surface area contributed by atoms with E-state index in [1.165, 1.54) is 0 Å². The van der Waals surface area contributed by atoms with Crippen LogP contribution in [-0.4, -0.2) is 11.5 Å². The number of nitrogens with two attached hydrogens (primary N) is 1.